The molecule has 7 nitrogen and oxygen atoms in total. The van der Waals surface area contributed by atoms with Crippen LogP contribution in [0.1, 0.15) is 5.56 Å². The largest absolute Gasteiger partial charge is 0.502 e. The van der Waals surface area contributed by atoms with Crippen LogP contribution in [0.15, 0.2) is 17.7 Å². The summed E-state index contributed by atoms with van der Waals surface area (Å²) in [6, 6.07) is 5.52. The molecule has 0 aliphatic heterocycles. The molecular formula is C11H7N3O4. The third-order valence-electron chi connectivity index (χ3n) is 2.07. The summed E-state index contributed by atoms with van der Waals surface area (Å²) in [7, 11) is 1.30. The van der Waals surface area contributed by atoms with Crippen molar-refractivity contribution in [1.82, 2.24) is 0 Å². The highest BCUT2D eigenvalue weighted by Crippen LogP contribution is 2.35. The average molecular weight is 245 g/mol. The fraction of sp³-hybridized carbons (Fsp3) is 0.0909. The van der Waals surface area contributed by atoms with Crippen molar-refractivity contribution in [1.29, 1.82) is 10.5 Å². The van der Waals surface area contributed by atoms with E-state index in [1.54, 1.807) is 12.1 Å². The van der Waals surface area contributed by atoms with Crippen LogP contribution in [-0.2, 0) is 0 Å². The number of phenols is 1. The number of allylic oxidation sites excluding steroid dienone is 1. The Hall–Kier alpha value is -3.06. The number of ether oxygens (including phenoxy) is 1. The van der Waals surface area contributed by atoms with Gasteiger partial charge in [-0.15, -0.1) is 0 Å². The number of benzene rings is 1. The molecule has 18 heavy (non-hydrogen) atoms. The highest BCUT2D eigenvalue weighted by molar-refractivity contribution is 5.71. The molecule has 90 valence electrons. The van der Waals surface area contributed by atoms with Crippen LogP contribution in [0, 0.1) is 32.8 Å². The first-order chi connectivity index (χ1) is 8.53. The molecule has 1 aromatic carbocycles. The summed E-state index contributed by atoms with van der Waals surface area (Å²) in [6.07, 6.45) is 1.05. The molecule has 0 amide bonds. The lowest BCUT2D eigenvalue weighted by atomic mass is 10.1. The van der Waals surface area contributed by atoms with E-state index >= 15 is 0 Å². The van der Waals surface area contributed by atoms with Crippen molar-refractivity contribution in [3.63, 3.8) is 0 Å². The van der Waals surface area contributed by atoms with Gasteiger partial charge in [-0.2, -0.15) is 10.5 Å². The zero-order valence-corrected chi connectivity index (χ0v) is 9.25. The Labute approximate surface area is 102 Å². The monoisotopic (exact) mass is 245 g/mol. The molecule has 0 radical (unpaired) electrons. The third kappa shape index (κ3) is 2.54. The van der Waals surface area contributed by atoms with Crippen molar-refractivity contribution in [3.8, 4) is 23.6 Å². The topological polar surface area (TPSA) is 120 Å². The van der Waals surface area contributed by atoms with Crippen LogP contribution in [0.5, 0.6) is 11.5 Å². The van der Waals surface area contributed by atoms with E-state index in [2.05, 4.69) is 0 Å². The smallest absolute Gasteiger partial charge is 0.315 e. The molecule has 1 N–H and O–H groups in total. The van der Waals surface area contributed by atoms with E-state index in [1.807, 2.05) is 0 Å². The van der Waals surface area contributed by atoms with Gasteiger partial charge in [0.15, 0.2) is 0 Å². The number of nitro benzene ring substituents is 1. The van der Waals surface area contributed by atoms with Crippen LogP contribution in [0.3, 0.4) is 0 Å². The quantitative estimate of drug-likeness (QED) is 0.491. The number of methoxy groups -OCH3 is 1. The van der Waals surface area contributed by atoms with Gasteiger partial charge in [0, 0.05) is 5.56 Å². The van der Waals surface area contributed by atoms with Crippen LogP contribution >= 0.6 is 0 Å². The van der Waals surface area contributed by atoms with Gasteiger partial charge >= 0.3 is 5.69 Å². The predicted octanol–water partition coefficient (Wildman–Crippen LogP) is 1.74. The molecule has 7 heteroatoms. The molecular weight excluding hydrogens is 238 g/mol. The van der Waals surface area contributed by atoms with Gasteiger partial charge in [-0.1, -0.05) is 0 Å². The molecule has 0 aliphatic rings. The molecule has 0 heterocycles. The number of hydrogen-bond donors (Lipinski definition) is 1. The second-order valence-corrected chi connectivity index (χ2v) is 3.12. The fourth-order valence-corrected chi connectivity index (χ4v) is 1.23. The maximum atomic E-state index is 10.7. The fourth-order valence-electron chi connectivity index (χ4n) is 1.23. The maximum absolute atomic E-state index is 10.7. The van der Waals surface area contributed by atoms with Gasteiger partial charge in [-0.05, 0) is 12.1 Å². The van der Waals surface area contributed by atoms with E-state index in [4.69, 9.17) is 15.3 Å². The Bertz CT molecular complexity index is 592. The minimum atomic E-state index is -0.784. The maximum Gasteiger partial charge on any atom is 0.315 e. The zero-order valence-electron chi connectivity index (χ0n) is 9.25. The van der Waals surface area contributed by atoms with E-state index in [-0.39, 0.29) is 16.9 Å². The van der Waals surface area contributed by atoms with Gasteiger partial charge in [-0.25, -0.2) is 0 Å². The number of nitriles is 2. The number of aromatic hydroxyl groups is 1. The SMILES string of the molecule is COc1cc(C=C(C#N)C#N)c(O)c([N+](=O)[O-])c1. The third-order valence-corrected chi connectivity index (χ3v) is 2.07. The lowest BCUT2D eigenvalue weighted by Gasteiger charge is -2.04. The minimum Gasteiger partial charge on any atom is -0.502 e. The summed E-state index contributed by atoms with van der Waals surface area (Å²) in [6.45, 7) is 0. The number of nitrogens with zero attached hydrogens (tertiary/aromatic N) is 3. The Morgan fingerprint density at radius 2 is 2.11 bits per heavy atom. The molecule has 0 aliphatic carbocycles. The average Bonchev–Trinajstić information content (AvgIpc) is 2.37. The van der Waals surface area contributed by atoms with Crippen molar-refractivity contribution in [2.24, 2.45) is 0 Å². The summed E-state index contributed by atoms with van der Waals surface area (Å²) in [4.78, 5) is 9.92. The van der Waals surface area contributed by atoms with Crippen molar-refractivity contribution < 1.29 is 14.8 Å². The molecule has 1 rings (SSSR count). The lowest BCUT2D eigenvalue weighted by Crippen LogP contribution is -1.93. The van der Waals surface area contributed by atoms with Crippen LogP contribution in [0.25, 0.3) is 6.08 Å². The summed E-state index contributed by atoms with van der Waals surface area (Å²) < 4.78 is 4.84. The summed E-state index contributed by atoms with van der Waals surface area (Å²) in [5.74, 6) is -0.482. The van der Waals surface area contributed by atoms with Crippen molar-refractivity contribution in [2.45, 2.75) is 0 Å². The molecule has 0 atom stereocenters. The van der Waals surface area contributed by atoms with E-state index in [9.17, 15) is 15.2 Å². The molecule has 0 unspecified atom stereocenters. The van der Waals surface area contributed by atoms with Crippen LogP contribution in [0.4, 0.5) is 5.69 Å². The molecule has 0 saturated carbocycles. The number of phenolic OH excluding ortho intramolecular Hbond substituents is 1. The first-order valence-electron chi connectivity index (χ1n) is 4.60. The second kappa shape index (κ2) is 5.32. The minimum absolute atomic E-state index is 0.0286. The van der Waals surface area contributed by atoms with Crippen LogP contribution in [0.2, 0.25) is 0 Å². The second-order valence-electron chi connectivity index (χ2n) is 3.12. The van der Waals surface area contributed by atoms with E-state index in [0.29, 0.717) is 0 Å². The highest BCUT2D eigenvalue weighted by atomic mass is 16.6. The van der Waals surface area contributed by atoms with E-state index in [0.717, 1.165) is 12.1 Å². The summed E-state index contributed by atoms with van der Waals surface area (Å²) >= 11 is 0. The summed E-state index contributed by atoms with van der Waals surface area (Å²) in [5, 5.41) is 37.6. The van der Waals surface area contributed by atoms with E-state index < -0.39 is 16.4 Å². The van der Waals surface area contributed by atoms with Gasteiger partial charge in [0.05, 0.1) is 18.1 Å². The Morgan fingerprint density at radius 1 is 1.50 bits per heavy atom. The van der Waals surface area contributed by atoms with E-state index in [1.165, 1.54) is 13.2 Å². The first-order valence-corrected chi connectivity index (χ1v) is 4.60. The van der Waals surface area contributed by atoms with Gasteiger partial charge in [-0.3, -0.25) is 10.1 Å². The van der Waals surface area contributed by atoms with Crippen molar-refractivity contribution in [2.75, 3.05) is 7.11 Å². The standard InChI is InChI=1S/C11H7N3O4/c1-18-9-3-8(2-7(5-12)6-13)11(15)10(4-9)14(16)17/h2-4,15H,1H3. The molecule has 0 saturated heterocycles. The highest BCUT2D eigenvalue weighted by Gasteiger charge is 2.18. The number of hydrogen-bond acceptors (Lipinski definition) is 6. The Kier molecular flexibility index (Phi) is 3.85. The molecule has 0 fully saturated rings. The zero-order chi connectivity index (χ0) is 13.7. The van der Waals surface area contributed by atoms with Crippen LogP contribution < -0.4 is 4.74 Å². The van der Waals surface area contributed by atoms with Crippen molar-refractivity contribution in [3.05, 3.63) is 33.4 Å². The number of nitro groups is 1. The normalized spacial score (nSPS) is 8.83. The lowest BCUT2D eigenvalue weighted by molar-refractivity contribution is -0.385. The molecule has 0 spiro atoms. The van der Waals surface area contributed by atoms with Crippen LogP contribution in [-0.4, -0.2) is 17.1 Å². The van der Waals surface area contributed by atoms with Gasteiger partial charge < -0.3 is 9.84 Å². The van der Waals surface area contributed by atoms with Gasteiger partial charge in [0.1, 0.15) is 23.5 Å². The summed E-state index contributed by atoms with van der Waals surface area (Å²) in [5.41, 5.74) is -0.872. The Morgan fingerprint density at radius 3 is 2.56 bits per heavy atom. The Balaban J connectivity index is 3.51. The molecule has 0 aromatic heterocycles. The number of rotatable bonds is 3. The van der Waals surface area contributed by atoms with Crippen molar-refractivity contribution >= 4 is 11.8 Å². The molecule has 0 bridgehead atoms. The van der Waals surface area contributed by atoms with Gasteiger partial charge in [0.2, 0.25) is 5.75 Å². The first kappa shape index (κ1) is 13.0. The van der Waals surface area contributed by atoms with Gasteiger partial charge in [0.25, 0.3) is 0 Å². The molecule has 1 aromatic rings. The predicted molar refractivity (Wildman–Crippen MR) is 60.5 cm³/mol.